The molecule has 0 N–H and O–H groups in total. The molecule has 21 heavy (non-hydrogen) atoms. The molecule has 1 atom stereocenters. The molecule has 1 aliphatic heterocycles. The zero-order chi connectivity index (χ0) is 15.4. The second-order valence-corrected chi connectivity index (χ2v) is 5.52. The van der Waals surface area contributed by atoms with Gasteiger partial charge in [0.05, 0.1) is 20.3 Å². The Hall–Kier alpha value is -1.97. The molecule has 4 heteroatoms. The van der Waals surface area contributed by atoms with Gasteiger partial charge in [0.2, 0.25) is 5.91 Å². The normalized spacial score (nSPS) is 17.5. The van der Waals surface area contributed by atoms with Gasteiger partial charge in [-0.25, -0.2) is 0 Å². The zero-order valence-corrected chi connectivity index (χ0v) is 13.2. The summed E-state index contributed by atoms with van der Waals surface area (Å²) in [5.41, 5.74) is 2.04. The van der Waals surface area contributed by atoms with Gasteiger partial charge < -0.3 is 14.4 Å². The van der Waals surface area contributed by atoms with E-state index in [-0.39, 0.29) is 11.9 Å². The largest absolute Gasteiger partial charge is 0.497 e. The fraction of sp³-hybridized carbons (Fsp3) is 0.471. The van der Waals surface area contributed by atoms with Crippen molar-refractivity contribution in [2.24, 2.45) is 0 Å². The summed E-state index contributed by atoms with van der Waals surface area (Å²) in [4.78, 5) is 14.3. The molecule has 0 bridgehead atoms. The molecule has 0 saturated carbocycles. The molecular formula is C17H23NO3. The number of allylic oxidation sites excluding steroid dienone is 1. The molecule has 1 saturated heterocycles. The maximum atomic E-state index is 12.4. The Morgan fingerprint density at radius 2 is 2.05 bits per heavy atom. The topological polar surface area (TPSA) is 38.8 Å². The molecule has 0 aromatic heterocycles. The van der Waals surface area contributed by atoms with E-state index >= 15 is 0 Å². The highest BCUT2D eigenvalue weighted by Crippen LogP contribution is 2.39. The predicted molar refractivity (Wildman–Crippen MR) is 82.7 cm³/mol. The molecule has 1 heterocycles. The van der Waals surface area contributed by atoms with E-state index in [1.165, 1.54) is 0 Å². The van der Waals surface area contributed by atoms with Crippen LogP contribution in [0.15, 0.2) is 29.8 Å². The van der Waals surface area contributed by atoms with Crippen LogP contribution in [0, 0.1) is 0 Å². The number of hydrogen-bond donors (Lipinski definition) is 0. The Balaban J connectivity index is 2.35. The highest BCUT2D eigenvalue weighted by molar-refractivity contribution is 5.88. The first-order chi connectivity index (χ1) is 10.1. The third kappa shape index (κ3) is 3.38. The van der Waals surface area contributed by atoms with Gasteiger partial charge in [-0.2, -0.15) is 0 Å². The van der Waals surface area contributed by atoms with Crippen molar-refractivity contribution in [2.45, 2.75) is 32.7 Å². The van der Waals surface area contributed by atoms with E-state index in [0.29, 0.717) is 0 Å². The van der Waals surface area contributed by atoms with E-state index in [1.807, 2.05) is 36.9 Å². The summed E-state index contributed by atoms with van der Waals surface area (Å²) in [5, 5.41) is 0. The number of ether oxygens (including phenoxy) is 2. The number of likely N-dealkylation sites (tertiary alicyclic amines) is 1. The molecule has 0 aliphatic carbocycles. The van der Waals surface area contributed by atoms with Crippen LogP contribution >= 0.6 is 0 Å². The number of amides is 1. The summed E-state index contributed by atoms with van der Waals surface area (Å²) in [7, 11) is 3.30. The standard InChI is InChI=1S/C17H23NO3/c1-12(2)10-17(19)18-9-5-6-15(18)14-11-13(20-3)7-8-16(14)21-4/h7-8,10-11,15H,5-6,9H2,1-4H3. The van der Waals surface area contributed by atoms with Crippen LogP contribution in [0.25, 0.3) is 0 Å². The Morgan fingerprint density at radius 3 is 2.67 bits per heavy atom. The first kappa shape index (κ1) is 15.4. The monoisotopic (exact) mass is 289 g/mol. The average molecular weight is 289 g/mol. The Bertz CT molecular complexity index is 547. The first-order valence-corrected chi connectivity index (χ1v) is 7.24. The Kier molecular flexibility index (Phi) is 4.89. The SMILES string of the molecule is COc1ccc(OC)c(C2CCCN2C(=O)C=C(C)C)c1. The second-order valence-electron chi connectivity index (χ2n) is 5.52. The lowest BCUT2D eigenvalue weighted by molar-refractivity contribution is -0.127. The van der Waals surface area contributed by atoms with Crippen LogP contribution in [0.4, 0.5) is 0 Å². The minimum Gasteiger partial charge on any atom is -0.497 e. The number of carbonyl (C=O) groups excluding carboxylic acids is 1. The number of carbonyl (C=O) groups is 1. The highest BCUT2D eigenvalue weighted by atomic mass is 16.5. The molecule has 2 rings (SSSR count). The van der Waals surface area contributed by atoms with Gasteiger partial charge in [0.1, 0.15) is 11.5 Å². The van der Waals surface area contributed by atoms with Gasteiger partial charge in [-0.15, -0.1) is 0 Å². The minimum absolute atomic E-state index is 0.0538. The van der Waals surface area contributed by atoms with Crippen LogP contribution in [0.5, 0.6) is 11.5 Å². The van der Waals surface area contributed by atoms with E-state index < -0.39 is 0 Å². The van der Waals surface area contributed by atoms with Crippen molar-refractivity contribution in [2.75, 3.05) is 20.8 Å². The Labute approximate surface area is 126 Å². The van der Waals surface area contributed by atoms with Crippen molar-refractivity contribution in [1.29, 1.82) is 0 Å². The van der Waals surface area contributed by atoms with Gasteiger partial charge in [-0.1, -0.05) is 5.57 Å². The molecule has 0 radical (unpaired) electrons. The fourth-order valence-electron chi connectivity index (χ4n) is 2.78. The molecule has 0 spiro atoms. The van der Waals surface area contributed by atoms with Crippen LogP contribution in [0.2, 0.25) is 0 Å². The summed E-state index contributed by atoms with van der Waals surface area (Å²) in [5.74, 6) is 1.66. The van der Waals surface area contributed by atoms with Crippen LogP contribution < -0.4 is 9.47 Å². The van der Waals surface area contributed by atoms with E-state index in [1.54, 1.807) is 20.3 Å². The van der Waals surface area contributed by atoms with Gasteiger partial charge in [-0.3, -0.25) is 4.79 Å². The summed E-state index contributed by atoms with van der Waals surface area (Å²) >= 11 is 0. The van der Waals surface area contributed by atoms with Gasteiger partial charge in [0.25, 0.3) is 0 Å². The quantitative estimate of drug-likeness (QED) is 0.798. The van der Waals surface area contributed by atoms with Crippen LogP contribution in [-0.2, 0) is 4.79 Å². The lowest BCUT2D eigenvalue weighted by Crippen LogP contribution is -2.29. The molecule has 1 unspecified atom stereocenters. The van der Waals surface area contributed by atoms with E-state index in [4.69, 9.17) is 9.47 Å². The summed E-state index contributed by atoms with van der Waals surface area (Å²) in [6, 6.07) is 5.80. The van der Waals surface area contributed by atoms with Crippen molar-refractivity contribution in [3.63, 3.8) is 0 Å². The average Bonchev–Trinajstić information content (AvgIpc) is 2.95. The van der Waals surface area contributed by atoms with Crippen molar-refractivity contribution in [1.82, 2.24) is 4.90 Å². The van der Waals surface area contributed by atoms with Crippen molar-refractivity contribution in [3.8, 4) is 11.5 Å². The molecule has 1 amide bonds. The van der Waals surface area contributed by atoms with Crippen LogP contribution in [-0.4, -0.2) is 31.6 Å². The van der Waals surface area contributed by atoms with Gasteiger partial charge >= 0.3 is 0 Å². The lowest BCUT2D eigenvalue weighted by atomic mass is 10.0. The third-order valence-electron chi connectivity index (χ3n) is 3.74. The maximum absolute atomic E-state index is 12.4. The Morgan fingerprint density at radius 1 is 1.29 bits per heavy atom. The molecule has 1 aromatic carbocycles. The molecule has 1 fully saturated rings. The lowest BCUT2D eigenvalue weighted by Gasteiger charge is -2.26. The van der Waals surface area contributed by atoms with E-state index in [0.717, 1.165) is 42.0 Å². The maximum Gasteiger partial charge on any atom is 0.247 e. The predicted octanol–water partition coefficient (Wildman–Crippen LogP) is 3.33. The zero-order valence-electron chi connectivity index (χ0n) is 13.2. The summed E-state index contributed by atoms with van der Waals surface area (Å²) in [6.45, 7) is 4.66. The van der Waals surface area contributed by atoms with E-state index in [9.17, 15) is 4.79 Å². The minimum atomic E-state index is 0.0538. The molecular weight excluding hydrogens is 266 g/mol. The second kappa shape index (κ2) is 6.66. The van der Waals surface area contributed by atoms with Crippen LogP contribution in [0.1, 0.15) is 38.3 Å². The molecule has 4 nitrogen and oxygen atoms in total. The van der Waals surface area contributed by atoms with Crippen LogP contribution in [0.3, 0.4) is 0 Å². The summed E-state index contributed by atoms with van der Waals surface area (Å²) < 4.78 is 10.8. The van der Waals surface area contributed by atoms with E-state index in [2.05, 4.69) is 0 Å². The number of nitrogens with zero attached hydrogens (tertiary/aromatic N) is 1. The fourth-order valence-corrected chi connectivity index (χ4v) is 2.78. The van der Waals surface area contributed by atoms with Gasteiger partial charge in [-0.05, 0) is 44.9 Å². The first-order valence-electron chi connectivity index (χ1n) is 7.24. The summed E-state index contributed by atoms with van der Waals surface area (Å²) in [6.07, 6.45) is 3.66. The number of hydrogen-bond acceptors (Lipinski definition) is 3. The van der Waals surface area contributed by atoms with Gasteiger partial charge in [0, 0.05) is 18.2 Å². The van der Waals surface area contributed by atoms with Crippen molar-refractivity contribution < 1.29 is 14.3 Å². The van der Waals surface area contributed by atoms with Crippen molar-refractivity contribution in [3.05, 3.63) is 35.4 Å². The van der Waals surface area contributed by atoms with Gasteiger partial charge in [0.15, 0.2) is 0 Å². The smallest absolute Gasteiger partial charge is 0.247 e. The number of methoxy groups -OCH3 is 2. The number of benzene rings is 1. The highest BCUT2D eigenvalue weighted by Gasteiger charge is 2.31. The van der Waals surface area contributed by atoms with Crippen molar-refractivity contribution >= 4 is 5.91 Å². The third-order valence-corrected chi connectivity index (χ3v) is 3.74. The molecule has 1 aromatic rings. The molecule has 1 aliphatic rings. The number of rotatable bonds is 4. The molecule has 114 valence electrons.